The number of thioether (sulfide) groups is 2. The van der Waals surface area contributed by atoms with Crippen LogP contribution < -0.4 is 10.2 Å². The lowest BCUT2D eigenvalue weighted by molar-refractivity contribution is -0.115. The first-order valence-corrected chi connectivity index (χ1v) is 10.4. The number of carbonyl (C=O) groups excluding carboxylic acids is 1. The molecule has 1 aromatic heterocycles. The van der Waals surface area contributed by atoms with E-state index in [4.69, 9.17) is 11.6 Å². The van der Waals surface area contributed by atoms with Gasteiger partial charge in [-0.05, 0) is 28.6 Å². The SMILES string of the molecule is Cn1nnnc1SCCC(=O)Nc1ccc(N2CCSCC2)c(Cl)c1. The fourth-order valence-electron chi connectivity index (χ4n) is 2.45. The molecule has 1 aromatic carbocycles. The zero-order valence-electron chi connectivity index (χ0n) is 13.8. The van der Waals surface area contributed by atoms with Crippen molar-refractivity contribution in [2.24, 2.45) is 7.05 Å². The molecule has 1 aliphatic heterocycles. The summed E-state index contributed by atoms with van der Waals surface area (Å²) in [4.78, 5) is 14.4. The first-order valence-electron chi connectivity index (χ1n) is 7.91. The van der Waals surface area contributed by atoms with Crippen molar-refractivity contribution in [3.63, 3.8) is 0 Å². The maximum absolute atomic E-state index is 12.1. The molecule has 1 aliphatic rings. The summed E-state index contributed by atoms with van der Waals surface area (Å²) in [6.45, 7) is 2.01. The topological polar surface area (TPSA) is 75.9 Å². The van der Waals surface area contributed by atoms with E-state index in [0.717, 1.165) is 36.0 Å². The highest BCUT2D eigenvalue weighted by atomic mass is 35.5. The second-order valence-electron chi connectivity index (χ2n) is 5.50. The Bertz CT molecular complexity index is 735. The van der Waals surface area contributed by atoms with Crippen LogP contribution in [0.1, 0.15) is 6.42 Å². The van der Waals surface area contributed by atoms with Crippen LogP contribution in [0, 0.1) is 0 Å². The molecular formula is C15H19ClN6OS2. The predicted molar refractivity (Wildman–Crippen MR) is 104 cm³/mol. The molecule has 0 aliphatic carbocycles. The highest BCUT2D eigenvalue weighted by Crippen LogP contribution is 2.30. The number of nitrogens with zero attached hydrogens (tertiary/aromatic N) is 5. The monoisotopic (exact) mass is 398 g/mol. The minimum atomic E-state index is -0.0548. The summed E-state index contributed by atoms with van der Waals surface area (Å²) >= 11 is 9.82. The molecule has 0 bridgehead atoms. The zero-order valence-corrected chi connectivity index (χ0v) is 16.2. The highest BCUT2D eigenvalue weighted by molar-refractivity contribution is 7.99. The lowest BCUT2D eigenvalue weighted by atomic mass is 10.2. The van der Waals surface area contributed by atoms with Crippen molar-refractivity contribution in [3.05, 3.63) is 23.2 Å². The standard InChI is InChI=1S/C15H19ClN6OS2/c1-21-15(18-19-20-21)25-7-4-14(23)17-11-2-3-13(12(16)10-11)22-5-8-24-9-6-22/h2-3,10H,4-9H2,1H3,(H,17,23). The van der Waals surface area contributed by atoms with Crippen LogP contribution in [-0.2, 0) is 11.8 Å². The summed E-state index contributed by atoms with van der Waals surface area (Å²) in [5, 5.41) is 15.4. The van der Waals surface area contributed by atoms with E-state index in [9.17, 15) is 4.79 Å². The van der Waals surface area contributed by atoms with Crippen molar-refractivity contribution in [1.82, 2.24) is 20.2 Å². The summed E-state index contributed by atoms with van der Waals surface area (Å²) in [6.07, 6.45) is 0.375. The number of amides is 1. The van der Waals surface area contributed by atoms with Gasteiger partial charge in [-0.2, -0.15) is 11.8 Å². The number of benzene rings is 1. The van der Waals surface area contributed by atoms with E-state index in [-0.39, 0.29) is 5.91 Å². The molecule has 1 N–H and O–H groups in total. The highest BCUT2D eigenvalue weighted by Gasteiger charge is 2.15. The van der Waals surface area contributed by atoms with Gasteiger partial charge >= 0.3 is 0 Å². The smallest absolute Gasteiger partial charge is 0.225 e. The van der Waals surface area contributed by atoms with Gasteiger partial charge in [-0.25, -0.2) is 4.68 Å². The van der Waals surface area contributed by atoms with Crippen LogP contribution in [0.15, 0.2) is 23.4 Å². The number of hydrogen-bond acceptors (Lipinski definition) is 7. The van der Waals surface area contributed by atoms with Crippen LogP contribution in [0.25, 0.3) is 0 Å². The number of carbonyl (C=O) groups is 1. The maximum Gasteiger partial charge on any atom is 0.225 e. The number of hydrogen-bond donors (Lipinski definition) is 1. The number of nitrogens with one attached hydrogen (secondary N) is 1. The summed E-state index contributed by atoms with van der Waals surface area (Å²) in [6, 6.07) is 5.70. The maximum atomic E-state index is 12.1. The quantitative estimate of drug-likeness (QED) is 0.749. The lowest BCUT2D eigenvalue weighted by Gasteiger charge is -2.29. The van der Waals surface area contributed by atoms with Gasteiger partial charge in [0.15, 0.2) is 0 Å². The third kappa shape index (κ3) is 5.02. The third-order valence-corrected chi connectivity index (χ3v) is 5.98. The van der Waals surface area contributed by atoms with Crippen LogP contribution in [0.5, 0.6) is 0 Å². The summed E-state index contributed by atoms with van der Waals surface area (Å²) < 4.78 is 1.58. The summed E-state index contributed by atoms with van der Waals surface area (Å²) in [7, 11) is 1.77. The summed E-state index contributed by atoms with van der Waals surface area (Å²) in [5.74, 6) is 2.79. The fraction of sp³-hybridized carbons (Fsp3) is 0.467. The summed E-state index contributed by atoms with van der Waals surface area (Å²) in [5.41, 5.74) is 1.75. The van der Waals surface area contributed by atoms with Gasteiger partial charge in [-0.3, -0.25) is 4.79 Å². The van der Waals surface area contributed by atoms with E-state index >= 15 is 0 Å². The minimum Gasteiger partial charge on any atom is -0.369 e. The van der Waals surface area contributed by atoms with E-state index in [1.807, 2.05) is 30.0 Å². The molecule has 25 heavy (non-hydrogen) atoms. The number of halogens is 1. The van der Waals surface area contributed by atoms with E-state index in [0.29, 0.717) is 22.4 Å². The van der Waals surface area contributed by atoms with E-state index in [2.05, 4.69) is 25.7 Å². The number of aryl methyl sites for hydroxylation is 1. The average molecular weight is 399 g/mol. The van der Waals surface area contributed by atoms with E-state index in [1.54, 1.807) is 11.7 Å². The molecule has 2 aromatic rings. The van der Waals surface area contributed by atoms with Gasteiger partial charge in [-0.1, -0.05) is 23.4 Å². The Kier molecular flexibility index (Phi) is 6.44. The Morgan fingerprint density at radius 2 is 2.20 bits per heavy atom. The van der Waals surface area contributed by atoms with Gasteiger partial charge in [0.05, 0.1) is 10.7 Å². The number of aromatic nitrogens is 4. The number of anilines is 2. The van der Waals surface area contributed by atoms with Gasteiger partial charge in [0.25, 0.3) is 0 Å². The van der Waals surface area contributed by atoms with Gasteiger partial charge in [0, 0.05) is 49.5 Å². The fourth-order valence-corrected chi connectivity index (χ4v) is 4.44. The molecule has 134 valence electrons. The van der Waals surface area contributed by atoms with Crippen molar-refractivity contribution in [1.29, 1.82) is 0 Å². The number of rotatable bonds is 6. The third-order valence-electron chi connectivity index (χ3n) is 3.72. The predicted octanol–water partition coefficient (Wildman–Crippen LogP) is 2.54. The molecule has 0 spiro atoms. The van der Waals surface area contributed by atoms with Crippen molar-refractivity contribution < 1.29 is 4.79 Å². The second-order valence-corrected chi connectivity index (χ2v) is 8.19. The van der Waals surface area contributed by atoms with E-state index in [1.165, 1.54) is 11.8 Å². The molecule has 10 heteroatoms. The normalized spacial score (nSPS) is 14.6. The van der Waals surface area contributed by atoms with Gasteiger partial charge in [-0.15, -0.1) is 5.10 Å². The van der Waals surface area contributed by atoms with Crippen LogP contribution in [0.4, 0.5) is 11.4 Å². The molecule has 0 radical (unpaired) electrons. The molecule has 0 atom stereocenters. The Morgan fingerprint density at radius 1 is 1.40 bits per heavy atom. The van der Waals surface area contributed by atoms with Crippen molar-refractivity contribution in [2.75, 3.05) is 40.6 Å². The molecule has 1 saturated heterocycles. The van der Waals surface area contributed by atoms with Gasteiger partial charge in [0.1, 0.15) is 0 Å². The largest absolute Gasteiger partial charge is 0.369 e. The van der Waals surface area contributed by atoms with Crippen molar-refractivity contribution in [2.45, 2.75) is 11.6 Å². The molecule has 1 fully saturated rings. The molecule has 0 saturated carbocycles. The van der Waals surface area contributed by atoms with Crippen molar-refractivity contribution in [3.8, 4) is 0 Å². The molecule has 1 amide bonds. The Hall–Kier alpha value is -1.45. The van der Waals surface area contributed by atoms with Crippen LogP contribution in [-0.4, -0.2) is 56.5 Å². The zero-order chi connectivity index (χ0) is 17.6. The average Bonchev–Trinajstić information content (AvgIpc) is 3.01. The van der Waals surface area contributed by atoms with Gasteiger partial charge in [0.2, 0.25) is 11.1 Å². The van der Waals surface area contributed by atoms with Crippen LogP contribution >= 0.6 is 35.1 Å². The van der Waals surface area contributed by atoms with Gasteiger partial charge < -0.3 is 10.2 Å². The Balaban J connectivity index is 1.51. The minimum absolute atomic E-state index is 0.0548. The molecular weight excluding hydrogens is 380 g/mol. The molecule has 7 nitrogen and oxygen atoms in total. The molecule has 2 heterocycles. The Morgan fingerprint density at radius 3 is 2.88 bits per heavy atom. The van der Waals surface area contributed by atoms with Crippen LogP contribution in [0.3, 0.4) is 0 Å². The lowest BCUT2D eigenvalue weighted by Crippen LogP contribution is -2.32. The van der Waals surface area contributed by atoms with Crippen LogP contribution in [0.2, 0.25) is 5.02 Å². The number of tetrazole rings is 1. The van der Waals surface area contributed by atoms with E-state index < -0.39 is 0 Å². The van der Waals surface area contributed by atoms with Crippen molar-refractivity contribution >= 4 is 52.4 Å². The molecule has 0 unspecified atom stereocenters. The first-order chi connectivity index (χ1) is 12.1. The first kappa shape index (κ1) is 18.3. The molecule has 3 rings (SSSR count). The Labute approximate surface area is 159 Å². The second kappa shape index (κ2) is 8.77.